The van der Waals surface area contributed by atoms with E-state index in [0.717, 1.165) is 10.9 Å². The first kappa shape index (κ1) is 25.1. The number of carbonyl (C=O) groups is 1. The summed E-state index contributed by atoms with van der Waals surface area (Å²) in [6.07, 6.45) is 3.17. The maximum atomic E-state index is 13.1. The molecule has 0 aliphatic carbocycles. The number of rotatable bonds is 10. The molecule has 4 rings (SSSR count). The highest BCUT2D eigenvalue weighted by molar-refractivity contribution is 9.10. The predicted octanol–water partition coefficient (Wildman–Crippen LogP) is 5.64. The van der Waals surface area contributed by atoms with E-state index in [4.69, 9.17) is 14.2 Å². The molecule has 3 aromatic carbocycles. The molecule has 0 bridgehead atoms. The van der Waals surface area contributed by atoms with Crippen LogP contribution in [-0.2, 0) is 11.4 Å². The summed E-state index contributed by atoms with van der Waals surface area (Å²) in [5.41, 5.74) is 4.64. The number of amides is 1. The molecule has 36 heavy (non-hydrogen) atoms. The van der Waals surface area contributed by atoms with E-state index in [9.17, 15) is 9.18 Å². The summed E-state index contributed by atoms with van der Waals surface area (Å²) < 4.78 is 31.0. The molecule has 1 aromatic heterocycles. The molecule has 184 valence electrons. The minimum absolute atomic E-state index is 0.214. The Morgan fingerprint density at radius 2 is 1.81 bits per heavy atom. The van der Waals surface area contributed by atoms with Gasteiger partial charge in [0.25, 0.3) is 5.91 Å². The predicted molar refractivity (Wildman–Crippen MR) is 139 cm³/mol. The van der Waals surface area contributed by atoms with Gasteiger partial charge in [-0.1, -0.05) is 30.3 Å². The van der Waals surface area contributed by atoms with Crippen molar-refractivity contribution in [3.63, 3.8) is 0 Å². The molecule has 7 nitrogen and oxygen atoms in total. The van der Waals surface area contributed by atoms with Crippen molar-refractivity contribution in [1.82, 2.24) is 10.4 Å². The van der Waals surface area contributed by atoms with E-state index in [1.165, 1.54) is 18.3 Å². The van der Waals surface area contributed by atoms with Crippen LogP contribution in [0.1, 0.15) is 18.1 Å². The van der Waals surface area contributed by atoms with Gasteiger partial charge >= 0.3 is 0 Å². The molecule has 0 aliphatic rings. The van der Waals surface area contributed by atoms with Gasteiger partial charge in [0.05, 0.1) is 12.8 Å². The topological polar surface area (TPSA) is 82.0 Å². The Labute approximate surface area is 216 Å². The molecule has 0 spiro atoms. The Morgan fingerprint density at radius 3 is 2.61 bits per heavy atom. The molecular formula is C27H23BrFN3O4. The van der Waals surface area contributed by atoms with Gasteiger partial charge in [-0.2, -0.15) is 5.10 Å². The van der Waals surface area contributed by atoms with Crippen molar-refractivity contribution in [1.29, 1.82) is 0 Å². The number of nitrogens with one attached hydrogen (secondary N) is 1. The highest BCUT2D eigenvalue weighted by atomic mass is 79.9. The van der Waals surface area contributed by atoms with Crippen LogP contribution in [0, 0.1) is 5.82 Å². The van der Waals surface area contributed by atoms with Gasteiger partial charge in [-0.15, -0.1) is 0 Å². The van der Waals surface area contributed by atoms with Crippen molar-refractivity contribution in [2.75, 3.05) is 13.2 Å². The minimum Gasteiger partial charge on any atom is -0.490 e. The molecular weight excluding hydrogens is 529 g/mol. The smallest absolute Gasteiger partial charge is 0.277 e. The third kappa shape index (κ3) is 6.57. The average molecular weight is 552 g/mol. The number of aromatic nitrogens is 1. The Kier molecular flexibility index (Phi) is 8.46. The van der Waals surface area contributed by atoms with Gasteiger partial charge in [0.1, 0.15) is 23.7 Å². The van der Waals surface area contributed by atoms with Crippen LogP contribution < -0.4 is 19.6 Å². The number of para-hydroxylation sites is 1. The average Bonchev–Trinajstić information content (AvgIpc) is 2.89. The number of nitrogens with zero attached hydrogens (tertiary/aromatic N) is 2. The zero-order chi connectivity index (χ0) is 25.3. The van der Waals surface area contributed by atoms with Crippen LogP contribution in [0.2, 0.25) is 0 Å². The number of benzene rings is 3. The van der Waals surface area contributed by atoms with Crippen LogP contribution >= 0.6 is 15.9 Å². The zero-order valence-electron chi connectivity index (χ0n) is 19.4. The fourth-order valence-corrected chi connectivity index (χ4v) is 3.74. The fourth-order valence-electron chi connectivity index (χ4n) is 3.31. The van der Waals surface area contributed by atoms with Gasteiger partial charge in [0.15, 0.2) is 18.1 Å². The lowest BCUT2D eigenvalue weighted by Crippen LogP contribution is -2.24. The molecule has 1 amide bonds. The summed E-state index contributed by atoms with van der Waals surface area (Å²) in [6, 6.07) is 18.9. The van der Waals surface area contributed by atoms with E-state index in [1.807, 2.05) is 31.2 Å². The van der Waals surface area contributed by atoms with Crippen molar-refractivity contribution >= 4 is 39.0 Å². The number of hydrazone groups is 1. The van der Waals surface area contributed by atoms with Crippen LogP contribution in [0.4, 0.5) is 4.39 Å². The van der Waals surface area contributed by atoms with Crippen molar-refractivity contribution < 1.29 is 23.4 Å². The van der Waals surface area contributed by atoms with Crippen LogP contribution in [0.5, 0.6) is 17.2 Å². The fraction of sp³-hybridized carbons (Fsp3) is 0.148. The Hall–Kier alpha value is -3.98. The SMILES string of the molecule is CCOc1cc(/C=N/NC(=O)COc2cccc3cccnc23)c(Br)cc1OCc1ccc(F)cc1. The van der Waals surface area contributed by atoms with Crippen molar-refractivity contribution in [3.8, 4) is 17.2 Å². The minimum atomic E-state index is -0.417. The van der Waals surface area contributed by atoms with E-state index in [1.54, 1.807) is 36.5 Å². The first-order chi connectivity index (χ1) is 17.5. The maximum absolute atomic E-state index is 13.1. The standard InChI is InChI=1S/C27H23BrFN3O4/c1-2-34-24-13-20(22(28)14-25(24)35-16-18-8-10-21(29)11-9-18)15-31-32-26(33)17-36-23-7-3-5-19-6-4-12-30-27(19)23/h3-15H,2,16-17H2,1H3,(H,32,33)/b31-15+. The van der Waals surface area contributed by atoms with E-state index < -0.39 is 5.91 Å². The summed E-state index contributed by atoms with van der Waals surface area (Å²) in [4.78, 5) is 16.5. The van der Waals surface area contributed by atoms with Gasteiger partial charge in [0.2, 0.25) is 0 Å². The molecule has 0 aliphatic heterocycles. The van der Waals surface area contributed by atoms with Gasteiger partial charge in [-0.3, -0.25) is 9.78 Å². The Morgan fingerprint density at radius 1 is 1.03 bits per heavy atom. The lowest BCUT2D eigenvalue weighted by Gasteiger charge is -2.14. The van der Waals surface area contributed by atoms with Gasteiger partial charge in [-0.25, -0.2) is 9.82 Å². The van der Waals surface area contributed by atoms with E-state index in [-0.39, 0.29) is 19.0 Å². The van der Waals surface area contributed by atoms with Crippen LogP contribution in [0.3, 0.4) is 0 Å². The number of halogens is 2. The lowest BCUT2D eigenvalue weighted by atomic mass is 10.2. The molecule has 1 N–H and O–H groups in total. The summed E-state index contributed by atoms with van der Waals surface area (Å²) in [7, 11) is 0. The maximum Gasteiger partial charge on any atom is 0.277 e. The van der Waals surface area contributed by atoms with Gasteiger partial charge < -0.3 is 14.2 Å². The Bertz CT molecular complexity index is 1370. The number of carbonyl (C=O) groups excluding carboxylic acids is 1. The van der Waals surface area contributed by atoms with Crippen LogP contribution in [0.15, 0.2) is 82.5 Å². The molecule has 0 saturated carbocycles. The first-order valence-electron chi connectivity index (χ1n) is 11.2. The van der Waals surface area contributed by atoms with Crippen LogP contribution in [0.25, 0.3) is 10.9 Å². The number of pyridine rings is 1. The highest BCUT2D eigenvalue weighted by Gasteiger charge is 2.11. The van der Waals surface area contributed by atoms with Crippen molar-refractivity contribution in [2.45, 2.75) is 13.5 Å². The second-order valence-corrected chi connectivity index (χ2v) is 8.44. The second kappa shape index (κ2) is 12.1. The normalized spacial score (nSPS) is 11.0. The van der Waals surface area contributed by atoms with E-state index in [0.29, 0.717) is 39.4 Å². The molecule has 0 atom stereocenters. The molecule has 0 saturated heterocycles. The van der Waals surface area contributed by atoms with Crippen LogP contribution in [-0.4, -0.2) is 30.3 Å². The summed E-state index contributed by atoms with van der Waals surface area (Å²) >= 11 is 3.50. The molecule has 1 heterocycles. The van der Waals surface area contributed by atoms with E-state index >= 15 is 0 Å². The molecule has 0 radical (unpaired) electrons. The molecule has 0 fully saturated rings. The largest absolute Gasteiger partial charge is 0.490 e. The highest BCUT2D eigenvalue weighted by Crippen LogP contribution is 2.34. The number of hydrogen-bond donors (Lipinski definition) is 1. The first-order valence-corrected chi connectivity index (χ1v) is 11.9. The van der Waals surface area contributed by atoms with Crippen molar-refractivity contribution in [3.05, 3.63) is 94.3 Å². The third-order valence-corrected chi connectivity index (χ3v) is 5.70. The Balaban J connectivity index is 1.37. The number of ether oxygens (including phenoxy) is 3. The third-order valence-electron chi connectivity index (χ3n) is 5.02. The second-order valence-electron chi connectivity index (χ2n) is 7.58. The molecule has 9 heteroatoms. The molecule has 0 unspecified atom stereocenters. The summed E-state index contributed by atoms with van der Waals surface area (Å²) in [6.45, 7) is 2.34. The molecule has 4 aromatic rings. The summed E-state index contributed by atoms with van der Waals surface area (Å²) in [5, 5.41) is 4.95. The number of fused-ring (bicyclic) bond motifs is 1. The van der Waals surface area contributed by atoms with Gasteiger partial charge in [-0.05, 0) is 64.8 Å². The van der Waals surface area contributed by atoms with Crippen molar-refractivity contribution in [2.24, 2.45) is 5.10 Å². The monoisotopic (exact) mass is 551 g/mol. The lowest BCUT2D eigenvalue weighted by molar-refractivity contribution is -0.123. The van der Waals surface area contributed by atoms with E-state index in [2.05, 4.69) is 31.4 Å². The zero-order valence-corrected chi connectivity index (χ0v) is 21.0. The summed E-state index contributed by atoms with van der Waals surface area (Å²) in [5.74, 6) is 0.838. The quantitative estimate of drug-likeness (QED) is 0.203. The number of hydrogen-bond acceptors (Lipinski definition) is 6. The van der Waals surface area contributed by atoms with Gasteiger partial charge in [0, 0.05) is 21.6 Å².